The molecule has 8 heteroatoms. The lowest BCUT2D eigenvalue weighted by molar-refractivity contribution is -0.158. The number of fused-ring (bicyclic) bond motifs is 1. The minimum atomic E-state index is -1.02. The molecule has 2 aromatic rings. The molecule has 0 spiro atoms. The molecule has 0 radical (unpaired) electrons. The third-order valence-electron chi connectivity index (χ3n) is 5.47. The number of amides is 2. The third-order valence-corrected chi connectivity index (χ3v) is 5.47. The molecule has 0 aliphatic heterocycles. The number of aryl methyl sites for hydroxylation is 1. The largest absolute Gasteiger partial charge is 0.460 e. The zero-order valence-electron chi connectivity index (χ0n) is 23.0. The molecule has 0 fully saturated rings. The summed E-state index contributed by atoms with van der Waals surface area (Å²) < 4.78 is 5.34. The van der Waals surface area contributed by atoms with Crippen LogP contribution in [0.1, 0.15) is 73.3 Å². The normalized spacial score (nSPS) is 13.5. The molecular weight excluding hydrogens is 472 g/mol. The molecule has 0 aromatic heterocycles. The van der Waals surface area contributed by atoms with Gasteiger partial charge in [-0.2, -0.15) is 0 Å². The van der Waals surface area contributed by atoms with E-state index in [9.17, 15) is 19.2 Å². The number of ketones is 1. The summed E-state index contributed by atoms with van der Waals surface area (Å²) in [4.78, 5) is 56.0. The van der Waals surface area contributed by atoms with Crippen LogP contribution in [0.15, 0.2) is 42.5 Å². The zero-order valence-corrected chi connectivity index (χ0v) is 23.0. The van der Waals surface area contributed by atoms with E-state index in [-0.39, 0.29) is 25.0 Å². The van der Waals surface area contributed by atoms with Crippen LogP contribution in [0.25, 0.3) is 10.8 Å². The molecule has 8 nitrogen and oxygen atoms in total. The highest BCUT2D eigenvalue weighted by Gasteiger charge is 2.30. The summed E-state index contributed by atoms with van der Waals surface area (Å²) in [5.41, 5.74) is 2.02. The van der Waals surface area contributed by atoms with Crippen molar-refractivity contribution in [2.45, 2.75) is 91.4 Å². The van der Waals surface area contributed by atoms with Crippen LogP contribution in [-0.4, -0.2) is 40.8 Å². The average Bonchev–Trinajstić information content (AvgIpc) is 2.79. The molecule has 2 rings (SSSR count). The summed E-state index contributed by atoms with van der Waals surface area (Å²) in [5.74, 6) is -2.88. The van der Waals surface area contributed by atoms with E-state index in [1.807, 2.05) is 42.5 Å². The van der Waals surface area contributed by atoms with Crippen molar-refractivity contribution in [3.05, 3.63) is 48.0 Å². The maximum atomic E-state index is 13.1. The first-order valence-corrected chi connectivity index (χ1v) is 12.6. The number of carbonyl (C=O) groups excluding carboxylic acids is 4. The maximum Gasteiger partial charge on any atom is 0.307 e. The number of carbonyl (C=O) groups is 4. The van der Waals surface area contributed by atoms with Gasteiger partial charge in [0.1, 0.15) is 5.60 Å². The average molecular weight is 513 g/mol. The van der Waals surface area contributed by atoms with Crippen LogP contribution in [0.5, 0.6) is 0 Å². The van der Waals surface area contributed by atoms with Gasteiger partial charge >= 0.3 is 5.97 Å². The monoisotopic (exact) mass is 512 g/mol. The Hall–Kier alpha value is -3.26. The molecule has 2 atom stereocenters. The summed E-state index contributed by atoms with van der Waals surface area (Å²) in [6.07, 6.45) is 0.182. The molecular formula is C29H40N2O6. The molecule has 0 saturated heterocycles. The van der Waals surface area contributed by atoms with Crippen LogP contribution in [0.4, 0.5) is 0 Å². The molecule has 0 unspecified atom stereocenters. The lowest BCUT2D eigenvalue weighted by Crippen LogP contribution is -2.44. The van der Waals surface area contributed by atoms with Gasteiger partial charge in [-0.1, -0.05) is 42.5 Å². The Bertz CT molecular complexity index is 1110. The molecule has 0 aliphatic carbocycles. The number of esters is 1. The highest BCUT2D eigenvalue weighted by molar-refractivity contribution is 5.93. The number of nitrogens with one attached hydrogen (secondary N) is 2. The van der Waals surface area contributed by atoms with Crippen LogP contribution >= 0.6 is 0 Å². The Morgan fingerprint density at radius 2 is 1.51 bits per heavy atom. The van der Waals surface area contributed by atoms with Crippen LogP contribution in [0.3, 0.4) is 0 Å². The second-order valence-electron chi connectivity index (χ2n) is 11.3. The molecule has 37 heavy (non-hydrogen) atoms. The van der Waals surface area contributed by atoms with Crippen molar-refractivity contribution < 1.29 is 28.8 Å². The van der Waals surface area contributed by atoms with Gasteiger partial charge < -0.3 is 10.1 Å². The summed E-state index contributed by atoms with van der Waals surface area (Å²) in [5, 5.41) is 4.88. The van der Waals surface area contributed by atoms with Gasteiger partial charge in [-0.05, 0) is 71.2 Å². The second kappa shape index (κ2) is 12.8. The Balaban J connectivity index is 2.02. The first-order valence-electron chi connectivity index (χ1n) is 12.6. The number of benzene rings is 2. The van der Waals surface area contributed by atoms with Gasteiger partial charge in [0.05, 0.1) is 24.0 Å². The Morgan fingerprint density at radius 3 is 2.16 bits per heavy atom. The van der Waals surface area contributed by atoms with Gasteiger partial charge in [0.25, 0.3) is 0 Å². The van der Waals surface area contributed by atoms with E-state index in [0.29, 0.717) is 6.42 Å². The Labute approximate surface area is 219 Å². The minimum Gasteiger partial charge on any atom is -0.460 e. The van der Waals surface area contributed by atoms with Gasteiger partial charge in [0.2, 0.25) is 11.8 Å². The van der Waals surface area contributed by atoms with Crippen molar-refractivity contribution in [3.8, 4) is 0 Å². The van der Waals surface area contributed by atoms with Gasteiger partial charge in [-0.25, -0.2) is 5.48 Å². The van der Waals surface area contributed by atoms with Gasteiger partial charge in [0.15, 0.2) is 5.78 Å². The number of hydrogen-bond acceptors (Lipinski definition) is 6. The molecule has 202 valence electrons. The molecule has 0 saturated carbocycles. The van der Waals surface area contributed by atoms with Crippen molar-refractivity contribution in [1.82, 2.24) is 10.8 Å². The Morgan fingerprint density at radius 1 is 0.865 bits per heavy atom. The van der Waals surface area contributed by atoms with Crippen molar-refractivity contribution in [1.29, 1.82) is 0 Å². The van der Waals surface area contributed by atoms with E-state index in [2.05, 4.69) is 10.8 Å². The SMILES string of the molecule is C[C@H](NC(=O)[C@H](CC(=O)NOC(C)(C)C)CC(=O)OC(C)(C)C)C(=O)CCc1cccc2ccccc12. The fourth-order valence-corrected chi connectivity index (χ4v) is 3.71. The van der Waals surface area contributed by atoms with E-state index in [4.69, 9.17) is 9.57 Å². The van der Waals surface area contributed by atoms with Crippen LogP contribution in [0.2, 0.25) is 0 Å². The summed E-state index contributed by atoms with van der Waals surface area (Å²) in [6.45, 7) is 12.1. The van der Waals surface area contributed by atoms with Gasteiger partial charge in [-0.15, -0.1) is 0 Å². The third kappa shape index (κ3) is 10.7. The number of hydroxylamine groups is 1. The highest BCUT2D eigenvalue weighted by atomic mass is 16.7. The maximum absolute atomic E-state index is 13.1. The fraction of sp³-hybridized carbons (Fsp3) is 0.517. The van der Waals surface area contributed by atoms with Crippen LogP contribution < -0.4 is 10.8 Å². The molecule has 2 aromatic carbocycles. The first-order chi connectivity index (χ1) is 17.1. The van der Waals surface area contributed by atoms with Crippen LogP contribution in [0, 0.1) is 5.92 Å². The number of Topliss-reactive ketones (excluding diaryl/α,β-unsaturated/α-hetero) is 1. The number of ether oxygens (including phenoxy) is 1. The summed E-state index contributed by atoms with van der Waals surface area (Å²) in [6, 6.07) is 13.2. The van der Waals surface area contributed by atoms with E-state index < -0.39 is 40.9 Å². The van der Waals surface area contributed by atoms with Crippen molar-refractivity contribution in [2.24, 2.45) is 5.92 Å². The molecule has 0 bridgehead atoms. The number of rotatable bonds is 11. The molecule has 2 N–H and O–H groups in total. The predicted octanol–water partition coefficient (Wildman–Crippen LogP) is 4.43. The molecule has 0 aliphatic rings. The molecule has 2 amide bonds. The lowest BCUT2D eigenvalue weighted by Gasteiger charge is -2.24. The summed E-state index contributed by atoms with van der Waals surface area (Å²) in [7, 11) is 0. The van der Waals surface area contributed by atoms with Crippen molar-refractivity contribution >= 4 is 34.3 Å². The molecule has 0 heterocycles. The Kier molecular flexibility index (Phi) is 10.4. The highest BCUT2D eigenvalue weighted by Crippen LogP contribution is 2.20. The zero-order chi connectivity index (χ0) is 27.8. The topological polar surface area (TPSA) is 111 Å². The van der Waals surface area contributed by atoms with Crippen molar-refractivity contribution in [3.63, 3.8) is 0 Å². The first kappa shape index (κ1) is 30.0. The quantitative estimate of drug-likeness (QED) is 0.340. The lowest BCUT2D eigenvalue weighted by atomic mass is 9.97. The minimum absolute atomic E-state index is 0.141. The standard InChI is InChI=1S/C29H40N2O6/c1-19(24(32)16-15-21-13-10-12-20-11-8-9-14-23(20)21)30-27(35)22(18-26(34)36-28(2,3)4)17-25(33)31-37-29(5,6)7/h8-14,19,22H,15-18H2,1-7H3,(H,30,35)(H,31,33)/t19-,22+/m0/s1. The van der Waals surface area contributed by atoms with E-state index in [1.54, 1.807) is 48.5 Å². The second-order valence-corrected chi connectivity index (χ2v) is 11.3. The predicted molar refractivity (Wildman–Crippen MR) is 142 cm³/mol. The van der Waals surface area contributed by atoms with Gasteiger partial charge in [-0.3, -0.25) is 24.0 Å². The van der Waals surface area contributed by atoms with E-state index in [1.165, 1.54) is 0 Å². The van der Waals surface area contributed by atoms with E-state index in [0.717, 1.165) is 16.3 Å². The van der Waals surface area contributed by atoms with Crippen molar-refractivity contribution in [2.75, 3.05) is 0 Å². The van der Waals surface area contributed by atoms with Crippen LogP contribution in [-0.2, 0) is 35.2 Å². The number of hydrogen-bond donors (Lipinski definition) is 2. The summed E-state index contributed by atoms with van der Waals surface area (Å²) >= 11 is 0. The fourth-order valence-electron chi connectivity index (χ4n) is 3.71. The van der Waals surface area contributed by atoms with E-state index >= 15 is 0 Å². The van der Waals surface area contributed by atoms with Gasteiger partial charge in [0, 0.05) is 12.8 Å². The smallest absolute Gasteiger partial charge is 0.307 e.